The lowest BCUT2D eigenvalue weighted by Gasteiger charge is -2.04. The van der Waals surface area contributed by atoms with Crippen LogP contribution in [0.2, 0.25) is 0 Å². The highest BCUT2D eigenvalue weighted by atomic mass is 16.5. The van der Waals surface area contributed by atoms with Crippen molar-refractivity contribution in [2.24, 2.45) is 0 Å². The molecule has 0 spiro atoms. The van der Waals surface area contributed by atoms with Crippen LogP contribution in [0.1, 0.15) is 0 Å². The number of H-pyrrole nitrogens is 2. The first-order valence-electron chi connectivity index (χ1n) is 4.54. The number of nitrogens with one attached hydrogen (secondary N) is 2. The second-order valence-electron chi connectivity index (χ2n) is 3.05. The fourth-order valence-corrected chi connectivity index (χ4v) is 1.37. The molecule has 0 aliphatic heterocycles. The van der Waals surface area contributed by atoms with Gasteiger partial charge in [-0.05, 0) is 12.1 Å². The summed E-state index contributed by atoms with van der Waals surface area (Å²) in [5.41, 5.74) is -0.182. The lowest BCUT2D eigenvalue weighted by Crippen LogP contribution is -2.22. The normalized spacial score (nSPS) is 10.1. The molecule has 0 aliphatic rings. The Morgan fingerprint density at radius 1 is 1.31 bits per heavy atom. The van der Waals surface area contributed by atoms with Crippen LogP contribution in [0.4, 0.5) is 0 Å². The molecule has 0 aliphatic carbocycles. The van der Waals surface area contributed by atoms with Crippen LogP contribution in [0.5, 0.6) is 5.88 Å². The van der Waals surface area contributed by atoms with E-state index in [0.29, 0.717) is 17.0 Å². The highest BCUT2D eigenvalue weighted by Crippen LogP contribution is 2.23. The average Bonchev–Trinajstić information content (AvgIpc) is 2.29. The topological polar surface area (TPSA) is 87.8 Å². The molecule has 2 N–H and O–H groups in total. The van der Waals surface area contributed by atoms with E-state index in [1.54, 1.807) is 18.3 Å². The molecule has 2 heterocycles. The third kappa shape index (κ3) is 1.72. The van der Waals surface area contributed by atoms with Gasteiger partial charge in [0, 0.05) is 12.4 Å². The van der Waals surface area contributed by atoms with Crippen LogP contribution in [-0.2, 0) is 0 Å². The van der Waals surface area contributed by atoms with Gasteiger partial charge in [-0.2, -0.15) is 0 Å². The van der Waals surface area contributed by atoms with Gasteiger partial charge in [-0.15, -0.1) is 0 Å². The molecule has 0 atom stereocenters. The number of aromatic amines is 2. The Kier molecular flexibility index (Phi) is 2.55. The molecular formula is C10H9N3O3. The highest BCUT2D eigenvalue weighted by Gasteiger charge is 2.09. The van der Waals surface area contributed by atoms with E-state index in [2.05, 4.69) is 15.0 Å². The molecule has 0 saturated carbocycles. The number of aromatic nitrogens is 3. The standard InChI is InChI=1S/C10H9N3O3/c1-16-9-6(3-2-4-11-9)7-5-12-10(15)13-8(7)14/h2-5H,1H3,(H2,12,13,14,15). The van der Waals surface area contributed by atoms with E-state index in [0.717, 1.165) is 0 Å². The van der Waals surface area contributed by atoms with Crippen molar-refractivity contribution in [1.29, 1.82) is 0 Å². The Bertz CT molecular complexity index is 615. The second kappa shape index (κ2) is 4.01. The zero-order valence-corrected chi connectivity index (χ0v) is 8.48. The average molecular weight is 219 g/mol. The molecule has 0 amide bonds. The van der Waals surface area contributed by atoms with Crippen molar-refractivity contribution >= 4 is 0 Å². The highest BCUT2D eigenvalue weighted by molar-refractivity contribution is 5.66. The molecular weight excluding hydrogens is 210 g/mol. The number of hydrogen-bond acceptors (Lipinski definition) is 4. The van der Waals surface area contributed by atoms with Gasteiger partial charge in [0.2, 0.25) is 5.88 Å². The Morgan fingerprint density at radius 2 is 2.12 bits per heavy atom. The SMILES string of the molecule is COc1ncccc1-c1c[nH]c(=O)[nH]c1=O. The molecule has 16 heavy (non-hydrogen) atoms. The smallest absolute Gasteiger partial charge is 0.325 e. The monoisotopic (exact) mass is 219 g/mol. The van der Waals surface area contributed by atoms with E-state index in [1.807, 2.05) is 0 Å². The van der Waals surface area contributed by atoms with Crippen LogP contribution in [0, 0.1) is 0 Å². The van der Waals surface area contributed by atoms with Gasteiger partial charge >= 0.3 is 5.69 Å². The molecule has 0 fully saturated rings. The summed E-state index contributed by atoms with van der Waals surface area (Å²) in [6, 6.07) is 3.37. The molecule has 82 valence electrons. The lowest BCUT2D eigenvalue weighted by molar-refractivity contribution is 0.399. The van der Waals surface area contributed by atoms with Gasteiger partial charge in [-0.1, -0.05) is 0 Å². The van der Waals surface area contributed by atoms with Gasteiger partial charge in [-0.3, -0.25) is 9.78 Å². The molecule has 2 aromatic rings. The summed E-state index contributed by atoms with van der Waals surface area (Å²) in [4.78, 5) is 30.9. The van der Waals surface area contributed by atoms with E-state index in [9.17, 15) is 9.59 Å². The molecule has 6 heteroatoms. The van der Waals surface area contributed by atoms with Gasteiger partial charge in [0.1, 0.15) is 0 Å². The third-order valence-electron chi connectivity index (χ3n) is 2.07. The predicted octanol–water partition coefficient (Wildman–Crippen LogP) is 0.134. The van der Waals surface area contributed by atoms with E-state index in [-0.39, 0.29) is 0 Å². The molecule has 0 unspecified atom stereocenters. The van der Waals surface area contributed by atoms with Gasteiger partial charge in [0.25, 0.3) is 5.56 Å². The third-order valence-corrected chi connectivity index (χ3v) is 2.07. The number of hydrogen-bond donors (Lipinski definition) is 2. The Labute approximate surface area is 89.9 Å². The van der Waals surface area contributed by atoms with Crippen LogP contribution in [0.3, 0.4) is 0 Å². The van der Waals surface area contributed by atoms with Crippen molar-refractivity contribution < 1.29 is 4.74 Å². The molecule has 2 aromatic heterocycles. The van der Waals surface area contributed by atoms with Crippen molar-refractivity contribution in [2.75, 3.05) is 7.11 Å². The van der Waals surface area contributed by atoms with Crippen molar-refractivity contribution in [3.8, 4) is 17.0 Å². The molecule has 0 saturated heterocycles. The largest absolute Gasteiger partial charge is 0.481 e. The van der Waals surface area contributed by atoms with Crippen molar-refractivity contribution in [1.82, 2.24) is 15.0 Å². The summed E-state index contributed by atoms with van der Waals surface area (Å²) in [6.45, 7) is 0. The molecule has 6 nitrogen and oxygen atoms in total. The minimum absolute atomic E-state index is 0.310. The van der Waals surface area contributed by atoms with E-state index < -0.39 is 11.2 Å². The van der Waals surface area contributed by atoms with Gasteiger partial charge < -0.3 is 9.72 Å². The maximum absolute atomic E-state index is 11.5. The minimum Gasteiger partial charge on any atom is -0.481 e. The molecule has 0 bridgehead atoms. The number of ether oxygens (including phenoxy) is 1. The van der Waals surface area contributed by atoms with Crippen LogP contribution >= 0.6 is 0 Å². The maximum atomic E-state index is 11.5. The first-order chi connectivity index (χ1) is 7.72. The predicted molar refractivity (Wildman–Crippen MR) is 57.5 cm³/mol. The Hall–Kier alpha value is -2.37. The Morgan fingerprint density at radius 3 is 2.81 bits per heavy atom. The van der Waals surface area contributed by atoms with Crippen molar-refractivity contribution in [3.05, 3.63) is 45.4 Å². The lowest BCUT2D eigenvalue weighted by atomic mass is 10.1. The van der Waals surface area contributed by atoms with Crippen LogP contribution < -0.4 is 16.0 Å². The zero-order valence-electron chi connectivity index (χ0n) is 8.48. The number of pyridine rings is 1. The van der Waals surface area contributed by atoms with Crippen LogP contribution in [0.15, 0.2) is 34.1 Å². The first kappa shape index (κ1) is 10.2. The molecule has 2 rings (SSSR count). The summed E-state index contributed by atoms with van der Waals surface area (Å²) in [7, 11) is 1.46. The maximum Gasteiger partial charge on any atom is 0.325 e. The molecule has 0 radical (unpaired) electrons. The summed E-state index contributed by atoms with van der Waals surface area (Å²) in [6.07, 6.45) is 2.89. The second-order valence-corrected chi connectivity index (χ2v) is 3.05. The fourth-order valence-electron chi connectivity index (χ4n) is 1.37. The van der Waals surface area contributed by atoms with E-state index in [4.69, 9.17) is 4.74 Å². The van der Waals surface area contributed by atoms with Crippen molar-refractivity contribution in [3.63, 3.8) is 0 Å². The zero-order chi connectivity index (χ0) is 11.5. The van der Waals surface area contributed by atoms with E-state index >= 15 is 0 Å². The Balaban J connectivity index is 2.68. The van der Waals surface area contributed by atoms with E-state index in [1.165, 1.54) is 13.3 Å². The number of rotatable bonds is 2. The molecule has 0 aromatic carbocycles. The summed E-state index contributed by atoms with van der Waals surface area (Å²) < 4.78 is 5.03. The number of nitrogens with zero attached hydrogens (tertiary/aromatic N) is 1. The number of methoxy groups -OCH3 is 1. The van der Waals surface area contributed by atoms with Crippen LogP contribution in [0.25, 0.3) is 11.1 Å². The summed E-state index contributed by atoms with van der Waals surface area (Å²) in [5.74, 6) is 0.333. The minimum atomic E-state index is -0.545. The van der Waals surface area contributed by atoms with Crippen LogP contribution in [-0.4, -0.2) is 22.1 Å². The van der Waals surface area contributed by atoms with Gasteiger partial charge in [0.05, 0.1) is 18.2 Å². The fraction of sp³-hybridized carbons (Fsp3) is 0.100. The summed E-state index contributed by atoms with van der Waals surface area (Å²) in [5, 5.41) is 0. The van der Waals surface area contributed by atoms with Gasteiger partial charge in [-0.25, -0.2) is 9.78 Å². The first-order valence-corrected chi connectivity index (χ1v) is 4.54. The van der Waals surface area contributed by atoms with Gasteiger partial charge in [0.15, 0.2) is 0 Å². The van der Waals surface area contributed by atoms with Crippen molar-refractivity contribution in [2.45, 2.75) is 0 Å². The quantitative estimate of drug-likeness (QED) is 0.751. The summed E-state index contributed by atoms with van der Waals surface area (Å²) >= 11 is 0.